The maximum Gasteiger partial charge on any atom is 0.269 e. The highest BCUT2D eigenvalue weighted by atomic mass is 32.1. The first kappa shape index (κ1) is 15.1. The summed E-state index contributed by atoms with van der Waals surface area (Å²) in [6.45, 7) is 3.29. The van der Waals surface area contributed by atoms with Crippen LogP contribution >= 0.6 is 12.2 Å². The molecule has 0 saturated heterocycles. The van der Waals surface area contributed by atoms with Gasteiger partial charge in [-0.15, -0.1) is 0 Å². The monoisotopic (exact) mass is 305 g/mol. The van der Waals surface area contributed by atoms with Crippen LogP contribution in [0.1, 0.15) is 25.5 Å². The molecule has 0 bridgehead atoms. The Morgan fingerprint density at radius 1 is 1.48 bits per heavy atom. The van der Waals surface area contributed by atoms with Gasteiger partial charge in [-0.25, -0.2) is 0 Å². The average Bonchev–Trinajstić information content (AvgIpc) is 2.44. The summed E-state index contributed by atoms with van der Waals surface area (Å²) in [6.07, 6.45) is 0. The Bertz CT molecular complexity index is 669. The van der Waals surface area contributed by atoms with E-state index in [1.807, 2.05) is 6.92 Å². The van der Waals surface area contributed by atoms with Crippen LogP contribution in [0.25, 0.3) is 0 Å². The van der Waals surface area contributed by atoms with Crippen molar-refractivity contribution < 1.29 is 9.72 Å². The topological polar surface area (TPSA) is 75.5 Å². The zero-order valence-electron chi connectivity index (χ0n) is 11.9. The molecule has 0 amide bonds. The molecule has 1 aromatic carbocycles. The lowest BCUT2D eigenvalue weighted by Gasteiger charge is -2.35. The summed E-state index contributed by atoms with van der Waals surface area (Å²) in [5.41, 5.74) is 1.94. The Labute approximate surface area is 127 Å². The van der Waals surface area contributed by atoms with Crippen molar-refractivity contribution in [3.8, 4) is 0 Å². The lowest BCUT2D eigenvalue weighted by molar-refractivity contribution is -0.384. The molecule has 1 heterocycles. The Morgan fingerprint density at radius 3 is 2.71 bits per heavy atom. The number of non-ortho nitro benzene ring substituents is 1. The smallest absolute Gasteiger partial charge is 0.269 e. The summed E-state index contributed by atoms with van der Waals surface area (Å²) in [4.78, 5) is 24.1. The molecule has 0 fully saturated rings. The summed E-state index contributed by atoms with van der Waals surface area (Å²) in [5.74, 6) is -0.0918. The van der Waals surface area contributed by atoms with Gasteiger partial charge in [0.1, 0.15) is 0 Å². The highest BCUT2D eigenvalue weighted by Gasteiger charge is 2.31. The van der Waals surface area contributed by atoms with Crippen molar-refractivity contribution in [2.45, 2.75) is 19.9 Å². The van der Waals surface area contributed by atoms with Crippen LogP contribution in [0.2, 0.25) is 0 Å². The molecule has 7 heteroatoms. The van der Waals surface area contributed by atoms with E-state index in [0.29, 0.717) is 16.2 Å². The minimum Gasteiger partial charge on any atom is -0.351 e. The molecule has 6 nitrogen and oxygen atoms in total. The number of allylic oxidation sites excluding steroid dienone is 1. The van der Waals surface area contributed by atoms with Gasteiger partial charge in [0, 0.05) is 30.5 Å². The number of thiocarbonyl (C=S) groups is 1. The largest absolute Gasteiger partial charge is 0.351 e. The van der Waals surface area contributed by atoms with Gasteiger partial charge in [-0.2, -0.15) is 0 Å². The van der Waals surface area contributed by atoms with E-state index in [0.717, 1.165) is 5.70 Å². The van der Waals surface area contributed by atoms with Crippen LogP contribution in [0.5, 0.6) is 0 Å². The van der Waals surface area contributed by atoms with E-state index >= 15 is 0 Å². The third-order valence-corrected chi connectivity index (χ3v) is 3.94. The van der Waals surface area contributed by atoms with Gasteiger partial charge in [-0.3, -0.25) is 14.9 Å². The van der Waals surface area contributed by atoms with Crippen LogP contribution < -0.4 is 5.32 Å². The highest BCUT2D eigenvalue weighted by Crippen LogP contribution is 2.31. The van der Waals surface area contributed by atoms with E-state index in [4.69, 9.17) is 12.2 Å². The van der Waals surface area contributed by atoms with Crippen molar-refractivity contribution >= 4 is 28.8 Å². The molecular weight excluding hydrogens is 290 g/mol. The van der Waals surface area contributed by atoms with E-state index in [1.165, 1.54) is 19.1 Å². The van der Waals surface area contributed by atoms with Crippen molar-refractivity contribution in [3.05, 3.63) is 51.2 Å². The predicted octanol–water partition coefficient (Wildman–Crippen LogP) is 2.32. The van der Waals surface area contributed by atoms with Gasteiger partial charge in [-0.05, 0) is 31.6 Å². The zero-order valence-corrected chi connectivity index (χ0v) is 12.7. The van der Waals surface area contributed by atoms with Gasteiger partial charge in [0.2, 0.25) is 0 Å². The summed E-state index contributed by atoms with van der Waals surface area (Å²) in [6, 6.07) is 5.76. The molecule has 0 saturated carbocycles. The highest BCUT2D eigenvalue weighted by molar-refractivity contribution is 7.80. The second kappa shape index (κ2) is 5.61. The van der Waals surface area contributed by atoms with E-state index in [1.54, 1.807) is 24.1 Å². The first-order chi connectivity index (χ1) is 9.82. The molecule has 0 unspecified atom stereocenters. The minimum atomic E-state index is -0.467. The van der Waals surface area contributed by atoms with Gasteiger partial charge < -0.3 is 10.2 Å². The number of ketones is 1. The number of hydrogen-bond donors (Lipinski definition) is 1. The minimum absolute atomic E-state index is 0.0142. The summed E-state index contributed by atoms with van der Waals surface area (Å²) in [5, 5.41) is 14.5. The third kappa shape index (κ3) is 2.78. The number of nitrogens with one attached hydrogen (secondary N) is 1. The fourth-order valence-corrected chi connectivity index (χ4v) is 2.62. The Kier molecular flexibility index (Phi) is 4.04. The van der Waals surface area contributed by atoms with Gasteiger partial charge in [0.25, 0.3) is 5.69 Å². The zero-order chi connectivity index (χ0) is 15.7. The summed E-state index contributed by atoms with van der Waals surface area (Å²) in [7, 11) is 1.78. The van der Waals surface area contributed by atoms with Crippen LogP contribution in [-0.2, 0) is 4.79 Å². The number of carbonyl (C=O) groups excluding carboxylic acids is 1. The standard InChI is InChI=1S/C14H15N3O3S/c1-8-12(9(2)18)13(15-14(21)16(8)3)10-5-4-6-11(7-10)17(19)20/h4-7,13H,1-3H3,(H,15,21)/t13-/m1/s1. The molecule has 0 radical (unpaired) electrons. The molecule has 1 N–H and O–H groups in total. The van der Waals surface area contributed by atoms with Gasteiger partial charge in [0.15, 0.2) is 10.9 Å². The SMILES string of the molecule is CC(=O)C1=C(C)N(C)C(=S)N[C@@H]1c1cccc([N+](=O)[O-])c1. The number of hydrogen-bond acceptors (Lipinski definition) is 4. The number of nitro benzene ring substituents is 1. The van der Waals surface area contributed by atoms with Crippen LogP contribution in [0, 0.1) is 10.1 Å². The number of nitrogens with zero attached hydrogens (tertiary/aromatic N) is 2. The normalized spacial score (nSPS) is 18.5. The Morgan fingerprint density at radius 2 is 2.14 bits per heavy atom. The van der Waals surface area contributed by atoms with Crippen LogP contribution in [0.15, 0.2) is 35.5 Å². The van der Waals surface area contributed by atoms with E-state index in [9.17, 15) is 14.9 Å². The van der Waals surface area contributed by atoms with Crippen LogP contribution in [-0.4, -0.2) is 27.8 Å². The maximum absolute atomic E-state index is 12.0. The predicted molar refractivity (Wildman–Crippen MR) is 82.7 cm³/mol. The number of nitro groups is 1. The van der Waals surface area contributed by atoms with E-state index < -0.39 is 11.0 Å². The summed E-state index contributed by atoms with van der Waals surface area (Å²) >= 11 is 5.24. The van der Waals surface area contributed by atoms with Gasteiger partial charge >= 0.3 is 0 Å². The van der Waals surface area contributed by atoms with Crippen molar-refractivity contribution in [1.29, 1.82) is 0 Å². The van der Waals surface area contributed by atoms with Crippen molar-refractivity contribution in [1.82, 2.24) is 10.2 Å². The molecule has 1 atom stereocenters. The summed E-state index contributed by atoms with van der Waals surface area (Å²) < 4.78 is 0. The van der Waals surface area contributed by atoms with Crippen molar-refractivity contribution in [2.24, 2.45) is 0 Å². The molecule has 0 spiro atoms. The Hall–Kier alpha value is -2.28. The van der Waals surface area contributed by atoms with Crippen LogP contribution in [0.3, 0.4) is 0 Å². The molecule has 0 aromatic heterocycles. The lowest BCUT2D eigenvalue weighted by atomic mass is 9.92. The quantitative estimate of drug-likeness (QED) is 0.525. The first-order valence-corrected chi connectivity index (χ1v) is 6.74. The fourth-order valence-electron chi connectivity index (χ4n) is 2.36. The second-order valence-corrected chi connectivity index (χ2v) is 5.24. The van der Waals surface area contributed by atoms with Crippen molar-refractivity contribution in [2.75, 3.05) is 7.05 Å². The van der Waals surface area contributed by atoms with E-state index in [-0.39, 0.29) is 11.5 Å². The molecule has 1 aliphatic rings. The number of benzene rings is 1. The third-order valence-electron chi connectivity index (χ3n) is 3.55. The molecule has 110 valence electrons. The van der Waals surface area contributed by atoms with Gasteiger partial charge in [0.05, 0.1) is 11.0 Å². The van der Waals surface area contributed by atoms with E-state index in [2.05, 4.69) is 5.32 Å². The first-order valence-electron chi connectivity index (χ1n) is 6.33. The molecule has 2 rings (SSSR count). The van der Waals surface area contributed by atoms with Gasteiger partial charge in [-0.1, -0.05) is 12.1 Å². The molecular formula is C14H15N3O3S. The molecule has 1 aromatic rings. The average molecular weight is 305 g/mol. The lowest BCUT2D eigenvalue weighted by Crippen LogP contribution is -2.45. The molecule has 1 aliphatic heterocycles. The molecule has 21 heavy (non-hydrogen) atoms. The van der Waals surface area contributed by atoms with Crippen molar-refractivity contribution in [3.63, 3.8) is 0 Å². The number of rotatable bonds is 3. The molecule has 0 aliphatic carbocycles. The second-order valence-electron chi connectivity index (χ2n) is 4.85. The number of carbonyl (C=O) groups is 1. The maximum atomic E-state index is 12.0. The Balaban J connectivity index is 2.56. The number of Topliss-reactive ketones (excluding diaryl/α,β-unsaturated/α-hetero) is 1. The fraction of sp³-hybridized carbons (Fsp3) is 0.286. The van der Waals surface area contributed by atoms with Crippen LogP contribution in [0.4, 0.5) is 5.69 Å².